The molecule has 0 aliphatic heterocycles. The number of rotatable bonds is 4. The summed E-state index contributed by atoms with van der Waals surface area (Å²) in [5.74, 6) is -0.446. The summed E-state index contributed by atoms with van der Waals surface area (Å²) >= 11 is 13.1. The van der Waals surface area contributed by atoms with Crippen molar-refractivity contribution in [3.05, 3.63) is 118 Å². The van der Waals surface area contributed by atoms with Gasteiger partial charge in [0.15, 0.2) is 0 Å². The van der Waals surface area contributed by atoms with E-state index in [9.17, 15) is 4.79 Å². The Kier molecular flexibility index (Phi) is 5.48. The number of aromatic nitrogens is 1. The number of nitrogens with zero attached hydrogens (tertiary/aromatic N) is 1. The molecule has 0 aliphatic rings. The minimum Gasteiger partial charge on any atom is -0.366 e. The first-order valence-corrected chi connectivity index (χ1v) is 12.5. The van der Waals surface area contributed by atoms with Crippen molar-refractivity contribution < 1.29 is 4.79 Å². The van der Waals surface area contributed by atoms with Crippen LogP contribution in [0.5, 0.6) is 0 Å². The number of hydrogen-bond acceptors (Lipinski definition) is 1. The third-order valence-electron chi connectivity index (χ3n) is 6.97. The van der Waals surface area contributed by atoms with Gasteiger partial charge in [0.05, 0.1) is 11.0 Å². The second-order valence-corrected chi connectivity index (χ2v) is 9.88. The largest absolute Gasteiger partial charge is 0.366 e. The maximum atomic E-state index is 12.4. The third kappa shape index (κ3) is 3.55. The summed E-state index contributed by atoms with van der Waals surface area (Å²) in [4.78, 5) is 12.4. The first kappa shape index (κ1) is 22.7. The lowest BCUT2D eigenvalue weighted by Crippen LogP contribution is -2.11. The van der Waals surface area contributed by atoms with Crippen molar-refractivity contribution >= 4 is 61.7 Å². The molecule has 6 aromatic rings. The van der Waals surface area contributed by atoms with Gasteiger partial charge in [0.2, 0.25) is 5.91 Å². The lowest BCUT2D eigenvalue weighted by molar-refractivity contribution is 0.100. The molecule has 0 atom stereocenters. The Bertz CT molecular complexity index is 1810. The summed E-state index contributed by atoms with van der Waals surface area (Å²) in [5.41, 5.74) is 12.4. The normalized spacial score (nSPS) is 11.5. The Morgan fingerprint density at radius 2 is 1.50 bits per heavy atom. The van der Waals surface area contributed by atoms with Crippen molar-refractivity contribution in [2.45, 2.75) is 13.5 Å². The van der Waals surface area contributed by atoms with Crippen molar-refractivity contribution in [1.82, 2.24) is 4.57 Å². The summed E-state index contributed by atoms with van der Waals surface area (Å²) < 4.78 is 2.25. The summed E-state index contributed by atoms with van der Waals surface area (Å²) in [5, 5.41) is 5.44. The average molecular weight is 509 g/mol. The van der Waals surface area contributed by atoms with Gasteiger partial charge in [-0.25, -0.2) is 0 Å². The maximum absolute atomic E-state index is 12.4. The zero-order chi connectivity index (χ0) is 25.0. The van der Waals surface area contributed by atoms with Gasteiger partial charge in [0.25, 0.3) is 0 Å². The van der Waals surface area contributed by atoms with Gasteiger partial charge in [0.1, 0.15) is 0 Å². The molecule has 0 aliphatic carbocycles. The second kappa shape index (κ2) is 8.70. The Morgan fingerprint density at radius 1 is 0.778 bits per heavy atom. The van der Waals surface area contributed by atoms with Crippen LogP contribution in [0.1, 0.15) is 21.5 Å². The van der Waals surface area contributed by atoms with Crippen LogP contribution in [0.25, 0.3) is 43.7 Å². The quantitative estimate of drug-likeness (QED) is 0.255. The van der Waals surface area contributed by atoms with Crippen molar-refractivity contribution in [3.8, 4) is 11.1 Å². The number of halogens is 2. The molecule has 1 aromatic heterocycles. The van der Waals surface area contributed by atoms with Gasteiger partial charge < -0.3 is 10.3 Å². The molecule has 3 nitrogen and oxygen atoms in total. The summed E-state index contributed by atoms with van der Waals surface area (Å²) in [7, 11) is 0. The number of hydrogen-bond donors (Lipinski definition) is 1. The molecule has 176 valence electrons. The Hall–Kier alpha value is -3.79. The molecule has 0 spiro atoms. The zero-order valence-corrected chi connectivity index (χ0v) is 21.1. The van der Waals surface area contributed by atoms with Gasteiger partial charge in [-0.2, -0.15) is 0 Å². The van der Waals surface area contributed by atoms with Crippen LogP contribution < -0.4 is 5.73 Å². The minimum absolute atomic E-state index is 0.446. The highest BCUT2D eigenvalue weighted by Crippen LogP contribution is 2.39. The van der Waals surface area contributed by atoms with E-state index < -0.39 is 5.91 Å². The number of nitrogens with two attached hydrogens (primary N) is 1. The van der Waals surface area contributed by atoms with Gasteiger partial charge in [-0.05, 0) is 64.7 Å². The van der Waals surface area contributed by atoms with E-state index in [0.717, 1.165) is 32.9 Å². The second-order valence-electron chi connectivity index (χ2n) is 9.07. The highest BCUT2D eigenvalue weighted by atomic mass is 35.5. The number of fused-ring (bicyclic) bond motifs is 4. The van der Waals surface area contributed by atoms with Gasteiger partial charge in [-0.1, -0.05) is 83.9 Å². The first-order chi connectivity index (χ1) is 17.4. The van der Waals surface area contributed by atoms with E-state index in [2.05, 4.69) is 54.0 Å². The molecule has 1 heterocycles. The van der Waals surface area contributed by atoms with E-state index in [0.29, 0.717) is 22.2 Å². The molecule has 1 amide bonds. The van der Waals surface area contributed by atoms with Crippen LogP contribution in [0.3, 0.4) is 0 Å². The van der Waals surface area contributed by atoms with Crippen LogP contribution in [0.2, 0.25) is 10.0 Å². The minimum atomic E-state index is -0.446. The van der Waals surface area contributed by atoms with Crippen LogP contribution in [0, 0.1) is 6.92 Å². The van der Waals surface area contributed by atoms with Crippen molar-refractivity contribution in [1.29, 1.82) is 0 Å². The van der Waals surface area contributed by atoms with Crippen LogP contribution >= 0.6 is 23.2 Å². The van der Waals surface area contributed by atoms with E-state index in [4.69, 9.17) is 28.9 Å². The van der Waals surface area contributed by atoms with E-state index in [-0.39, 0.29) is 0 Å². The SMILES string of the molecule is Cc1ccc(Cn2c3cc(-c4c(Cl)cccc4Cl)ccc3c3c(C(N)=O)cccc32)c2ccccc12. The van der Waals surface area contributed by atoms with E-state index in [1.165, 1.54) is 21.9 Å². The Morgan fingerprint density at radius 3 is 2.25 bits per heavy atom. The standard InChI is InChI=1S/C31H22Cl2N2O/c1-18-12-13-20(22-7-3-2-6-21(18)22)17-35-27-11-4-8-24(31(34)36)30(27)23-15-14-19(16-28(23)35)29-25(32)9-5-10-26(29)33/h2-16H,17H2,1H3,(H2,34,36). The van der Waals surface area contributed by atoms with Gasteiger partial charge >= 0.3 is 0 Å². The average Bonchev–Trinajstić information content (AvgIpc) is 3.18. The molecule has 0 bridgehead atoms. The van der Waals surface area contributed by atoms with Crippen molar-refractivity contribution in [3.63, 3.8) is 0 Å². The van der Waals surface area contributed by atoms with Crippen molar-refractivity contribution in [2.75, 3.05) is 0 Å². The van der Waals surface area contributed by atoms with E-state index in [1.807, 2.05) is 42.5 Å². The van der Waals surface area contributed by atoms with Crippen LogP contribution in [0.4, 0.5) is 0 Å². The van der Waals surface area contributed by atoms with E-state index >= 15 is 0 Å². The van der Waals surface area contributed by atoms with Crippen LogP contribution in [-0.2, 0) is 6.54 Å². The van der Waals surface area contributed by atoms with Gasteiger partial charge in [-0.3, -0.25) is 4.79 Å². The molecule has 36 heavy (non-hydrogen) atoms. The molecular weight excluding hydrogens is 487 g/mol. The molecule has 5 aromatic carbocycles. The fourth-order valence-corrected chi connectivity index (χ4v) is 5.89. The van der Waals surface area contributed by atoms with Crippen LogP contribution in [-0.4, -0.2) is 10.5 Å². The molecule has 5 heteroatoms. The molecule has 0 saturated carbocycles. The number of carbonyl (C=O) groups excluding carboxylic acids is 1. The lowest BCUT2D eigenvalue weighted by atomic mass is 10.00. The third-order valence-corrected chi connectivity index (χ3v) is 7.60. The van der Waals surface area contributed by atoms with Gasteiger partial charge in [-0.15, -0.1) is 0 Å². The number of benzene rings is 5. The molecule has 0 radical (unpaired) electrons. The summed E-state index contributed by atoms with van der Waals surface area (Å²) in [6.45, 7) is 2.76. The smallest absolute Gasteiger partial charge is 0.249 e. The zero-order valence-electron chi connectivity index (χ0n) is 19.6. The molecule has 2 N–H and O–H groups in total. The number of aryl methyl sites for hydroxylation is 1. The fraction of sp³-hybridized carbons (Fsp3) is 0.0645. The number of carbonyl (C=O) groups is 1. The molecular formula is C31H22Cl2N2O. The molecule has 0 saturated heterocycles. The fourth-order valence-electron chi connectivity index (χ4n) is 5.27. The summed E-state index contributed by atoms with van der Waals surface area (Å²) in [6, 6.07) is 30.2. The number of amides is 1. The molecule has 0 fully saturated rings. The topological polar surface area (TPSA) is 48.0 Å². The lowest BCUT2D eigenvalue weighted by Gasteiger charge is -2.13. The number of primary amides is 1. The first-order valence-electron chi connectivity index (χ1n) is 11.7. The monoisotopic (exact) mass is 508 g/mol. The maximum Gasteiger partial charge on any atom is 0.249 e. The van der Waals surface area contributed by atoms with E-state index in [1.54, 1.807) is 6.07 Å². The predicted molar refractivity (Wildman–Crippen MR) is 151 cm³/mol. The molecule has 0 unspecified atom stereocenters. The summed E-state index contributed by atoms with van der Waals surface area (Å²) in [6.07, 6.45) is 0. The Balaban J connectivity index is 1.67. The molecule has 6 rings (SSSR count). The van der Waals surface area contributed by atoms with Crippen LogP contribution in [0.15, 0.2) is 91.0 Å². The highest BCUT2D eigenvalue weighted by Gasteiger charge is 2.19. The Labute approximate surface area is 218 Å². The van der Waals surface area contributed by atoms with Crippen molar-refractivity contribution in [2.24, 2.45) is 5.73 Å². The predicted octanol–water partition coefficient (Wildman–Crippen LogP) is 8.38. The van der Waals surface area contributed by atoms with Gasteiger partial charge in [0, 0.05) is 38.5 Å². The highest BCUT2D eigenvalue weighted by molar-refractivity contribution is 6.39.